The molecule has 0 atom stereocenters. The Balaban J connectivity index is 2.28. The Hall–Kier alpha value is -3.07. The molecule has 0 aromatic heterocycles. The van der Waals surface area contributed by atoms with Crippen LogP contribution in [0, 0.1) is 13.8 Å². The molecule has 0 saturated heterocycles. The molecule has 0 aliphatic carbocycles. The lowest BCUT2D eigenvalue weighted by Crippen LogP contribution is -2.19. The number of carbonyl (C=O) groups is 1. The summed E-state index contributed by atoms with van der Waals surface area (Å²) in [5.74, 6) is -1.33. The number of aromatic hydroxyl groups is 1. The SMILES string of the molecule is Cc1ccc(-c2cc(C(C)(C)c3ccccc3)cc(C(=O)O)c2O)c(C)c1. The van der Waals surface area contributed by atoms with Crippen LogP contribution in [-0.2, 0) is 5.41 Å². The molecule has 27 heavy (non-hydrogen) atoms. The van der Waals surface area contributed by atoms with Gasteiger partial charge in [0.15, 0.2) is 0 Å². The van der Waals surface area contributed by atoms with Crippen molar-refractivity contribution in [1.29, 1.82) is 0 Å². The number of carboxylic acids is 1. The Bertz CT molecular complexity index is 1000. The third kappa shape index (κ3) is 3.45. The van der Waals surface area contributed by atoms with Crippen LogP contribution in [0.1, 0.15) is 46.5 Å². The van der Waals surface area contributed by atoms with Crippen LogP contribution in [0.3, 0.4) is 0 Å². The molecule has 3 heteroatoms. The summed E-state index contributed by atoms with van der Waals surface area (Å²) in [5.41, 5.74) is 4.94. The maximum Gasteiger partial charge on any atom is 0.339 e. The van der Waals surface area contributed by atoms with Crippen molar-refractivity contribution in [2.24, 2.45) is 0 Å². The molecule has 0 saturated carbocycles. The van der Waals surface area contributed by atoms with Crippen LogP contribution in [0.2, 0.25) is 0 Å². The zero-order chi connectivity index (χ0) is 19.8. The first-order chi connectivity index (χ1) is 12.7. The maximum atomic E-state index is 11.8. The monoisotopic (exact) mass is 360 g/mol. The zero-order valence-electron chi connectivity index (χ0n) is 16.1. The largest absolute Gasteiger partial charge is 0.506 e. The number of rotatable bonds is 4. The normalized spacial score (nSPS) is 11.4. The molecule has 3 aromatic carbocycles. The fourth-order valence-corrected chi connectivity index (χ4v) is 3.50. The summed E-state index contributed by atoms with van der Waals surface area (Å²) in [6, 6.07) is 19.4. The van der Waals surface area contributed by atoms with Crippen molar-refractivity contribution in [3.63, 3.8) is 0 Å². The summed E-state index contributed by atoms with van der Waals surface area (Å²) in [6.07, 6.45) is 0. The maximum absolute atomic E-state index is 11.8. The number of phenols is 1. The lowest BCUT2D eigenvalue weighted by atomic mass is 9.76. The summed E-state index contributed by atoms with van der Waals surface area (Å²) in [6.45, 7) is 8.10. The number of benzene rings is 3. The Kier molecular flexibility index (Phi) is 4.79. The highest BCUT2D eigenvalue weighted by atomic mass is 16.4. The second kappa shape index (κ2) is 6.92. The highest BCUT2D eigenvalue weighted by Crippen LogP contribution is 2.40. The lowest BCUT2D eigenvalue weighted by molar-refractivity contribution is 0.0693. The van der Waals surface area contributed by atoms with Gasteiger partial charge >= 0.3 is 5.97 Å². The van der Waals surface area contributed by atoms with Gasteiger partial charge in [0.05, 0.1) is 0 Å². The van der Waals surface area contributed by atoms with E-state index in [9.17, 15) is 15.0 Å². The Morgan fingerprint density at radius 2 is 1.52 bits per heavy atom. The molecule has 3 aromatic rings. The van der Waals surface area contributed by atoms with Crippen LogP contribution < -0.4 is 0 Å². The van der Waals surface area contributed by atoms with Gasteiger partial charge in [-0.15, -0.1) is 0 Å². The summed E-state index contributed by atoms with van der Waals surface area (Å²) in [5, 5.41) is 20.3. The molecule has 138 valence electrons. The molecule has 0 aliphatic rings. The third-order valence-electron chi connectivity index (χ3n) is 5.23. The van der Waals surface area contributed by atoms with E-state index in [4.69, 9.17) is 0 Å². The fraction of sp³-hybridized carbons (Fsp3) is 0.208. The van der Waals surface area contributed by atoms with E-state index in [0.29, 0.717) is 5.56 Å². The number of carboxylic acid groups (broad SMARTS) is 1. The van der Waals surface area contributed by atoms with Crippen LogP contribution in [0.15, 0.2) is 60.7 Å². The first-order valence-electron chi connectivity index (χ1n) is 8.95. The first kappa shape index (κ1) is 18.7. The van der Waals surface area contributed by atoms with Crippen LogP contribution in [-0.4, -0.2) is 16.2 Å². The molecule has 0 unspecified atom stereocenters. The minimum absolute atomic E-state index is 0.0773. The van der Waals surface area contributed by atoms with Gasteiger partial charge in [0.25, 0.3) is 0 Å². The van der Waals surface area contributed by atoms with E-state index in [2.05, 4.69) is 13.8 Å². The summed E-state index contributed by atoms with van der Waals surface area (Å²) < 4.78 is 0. The van der Waals surface area contributed by atoms with E-state index >= 15 is 0 Å². The average Bonchev–Trinajstić information content (AvgIpc) is 2.62. The highest BCUT2D eigenvalue weighted by Gasteiger charge is 2.27. The molecular formula is C24H24O3. The predicted octanol–water partition coefficient (Wildman–Crippen LogP) is 5.70. The average molecular weight is 360 g/mol. The molecule has 3 rings (SSSR count). The van der Waals surface area contributed by atoms with E-state index in [1.54, 1.807) is 6.07 Å². The second-order valence-electron chi connectivity index (χ2n) is 7.53. The summed E-state index contributed by atoms with van der Waals surface area (Å²) >= 11 is 0. The van der Waals surface area contributed by atoms with Gasteiger partial charge < -0.3 is 10.2 Å². The van der Waals surface area contributed by atoms with E-state index < -0.39 is 11.4 Å². The van der Waals surface area contributed by atoms with E-state index in [0.717, 1.165) is 27.8 Å². The Labute approximate surface area is 159 Å². The van der Waals surface area contributed by atoms with Crippen molar-refractivity contribution in [3.05, 3.63) is 88.5 Å². The van der Waals surface area contributed by atoms with Gasteiger partial charge in [-0.25, -0.2) is 4.79 Å². The van der Waals surface area contributed by atoms with E-state index in [1.165, 1.54) is 0 Å². The molecule has 0 fully saturated rings. The Morgan fingerprint density at radius 3 is 2.11 bits per heavy atom. The first-order valence-corrected chi connectivity index (χ1v) is 8.95. The van der Waals surface area contributed by atoms with Crippen LogP contribution in [0.5, 0.6) is 5.75 Å². The van der Waals surface area contributed by atoms with Crippen molar-refractivity contribution in [2.75, 3.05) is 0 Å². The number of hydrogen-bond acceptors (Lipinski definition) is 2. The summed E-state index contributed by atoms with van der Waals surface area (Å²) in [7, 11) is 0. The van der Waals surface area contributed by atoms with Gasteiger partial charge in [0.2, 0.25) is 0 Å². The molecule has 0 amide bonds. The molecule has 3 nitrogen and oxygen atoms in total. The third-order valence-corrected chi connectivity index (χ3v) is 5.23. The van der Waals surface area contributed by atoms with Gasteiger partial charge in [-0.05, 0) is 48.2 Å². The standard InChI is InChI=1S/C24H24O3/c1-15-10-11-19(16(2)12-15)20-13-18(14-21(22(20)25)23(26)27)24(3,4)17-8-6-5-7-9-17/h5-14,25H,1-4H3,(H,26,27). The minimum atomic E-state index is -1.13. The summed E-state index contributed by atoms with van der Waals surface area (Å²) in [4.78, 5) is 11.8. The van der Waals surface area contributed by atoms with Crippen LogP contribution in [0.4, 0.5) is 0 Å². The fourth-order valence-electron chi connectivity index (χ4n) is 3.50. The van der Waals surface area contributed by atoms with Crippen LogP contribution >= 0.6 is 0 Å². The van der Waals surface area contributed by atoms with E-state index in [-0.39, 0.29) is 11.3 Å². The van der Waals surface area contributed by atoms with Gasteiger partial charge in [-0.1, -0.05) is 67.9 Å². The van der Waals surface area contributed by atoms with Crippen molar-refractivity contribution < 1.29 is 15.0 Å². The second-order valence-corrected chi connectivity index (χ2v) is 7.53. The molecule has 0 heterocycles. The minimum Gasteiger partial charge on any atom is -0.506 e. The zero-order valence-corrected chi connectivity index (χ0v) is 16.1. The van der Waals surface area contributed by atoms with Gasteiger partial charge in [0.1, 0.15) is 11.3 Å². The molecule has 0 bridgehead atoms. The Morgan fingerprint density at radius 1 is 0.852 bits per heavy atom. The van der Waals surface area contributed by atoms with Crippen molar-refractivity contribution >= 4 is 5.97 Å². The smallest absolute Gasteiger partial charge is 0.339 e. The van der Waals surface area contributed by atoms with Gasteiger partial charge in [-0.3, -0.25) is 0 Å². The predicted molar refractivity (Wildman–Crippen MR) is 109 cm³/mol. The van der Waals surface area contributed by atoms with Gasteiger partial charge in [-0.2, -0.15) is 0 Å². The number of aryl methyl sites for hydroxylation is 2. The van der Waals surface area contributed by atoms with Crippen molar-refractivity contribution in [3.8, 4) is 16.9 Å². The molecule has 0 aliphatic heterocycles. The van der Waals surface area contributed by atoms with Gasteiger partial charge in [0, 0.05) is 11.0 Å². The number of hydrogen-bond donors (Lipinski definition) is 2. The van der Waals surface area contributed by atoms with Crippen molar-refractivity contribution in [2.45, 2.75) is 33.1 Å². The quantitative estimate of drug-likeness (QED) is 0.627. The van der Waals surface area contributed by atoms with Crippen LogP contribution in [0.25, 0.3) is 11.1 Å². The van der Waals surface area contributed by atoms with E-state index in [1.807, 2.05) is 68.4 Å². The van der Waals surface area contributed by atoms with Crippen molar-refractivity contribution in [1.82, 2.24) is 0 Å². The molecule has 0 spiro atoms. The molecule has 2 N–H and O–H groups in total. The number of aromatic carboxylic acids is 1. The highest BCUT2D eigenvalue weighted by molar-refractivity contribution is 5.95. The molecule has 0 radical (unpaired) electrons. The lowest BCUT2D eigenvalue weighted by Gasteiger charge is -2.27. The topological polar surface area (TPSA) is 57.5 Å². The molecular weight excluding hydrogens is 336 g/mol.